The molecular formula is C21H32N6O2. The van der Waals surface area contributed by atoms with Crippen LogP contribution in [0, 0.1) is 0 Å². The fourth-order valence-electron chi connectivity index (χ4n) is 3.45. The molecule has 1 aliphatic heterocycles. The first-order chi connectivity index (χ1) is 14.1. The van der Waals surface area contributed by atoms with E-state index in [0.29, 0.717) is 13.1 Å². The van der Waals surface area contributed by atoms with Gasteiger partial charge in [0.1, 0.15) is 11.6 Å². The van der Waals surface area contributed by atoms with Crippen LogP contribution in [0.2, 0.25) is 0 Å². The van der Waals surface area contributed by atoms with E-state index in [1.807, 2.05) is 6.20 Å². The molecule has 1 atom stereocenters. The monoisotopic (exact) mass is 400 g/mol. The Balaban J connectivity index is 1.52. The molecule has 0 radical (unpaired) electrons. The number of rotatable bonds is 7. The van der Waals surface area contributed by atoms with Crippen molar-refractivity contribution >= 4 is 11.8 Å². The largest absolute Gasteiger partial charge is 0.375 e. The molecule has 8 nitrogen and oxygen atoms in total. The van der Waals surface area contributed by atoms with E-state index in [0.717, 1.165) is 66.9 Å². The number of nitrogens with zero attached hydrogens (tertiary/aromatic N) is 4. The van der Waals surface area contributed by atoms with E-state index in [4.69, 9.17) is 9.26 Å². The van der Waals surface area contributed by atoms with Crippen molar-refractivity contribution in [3.8, 4) is 0 Å². The van der Waals surface area contributed by atoms with Crippen molar-refractivity contribution in [3.63, 3.8) is 0 Å². The van der Waals surface area contributed by atoms with E-state index in [2.05, 4.69) is 63.6 Å². The molecule has 1 saturated heterocycles. The zero-order chi connectivity index (χ0) is 20.6. The molecular weight excluding hydrogens is 368 g/mol. The van der Waals surface area contributed by atoms with E-state index in [1.54, 1.807) is 7.05 Å². The number of hydrogen-bond donors (Lipinski definition) is 2. The molecule has 158 valence electrons. The molecule has 0 aliphatic carbocycles. The average Bonchev–Trinajstić information content (AvgIpc) is 3.16. The lowest BCUT2D eigenvalue weighted by atomic mass is 10.1. The summed E-state index contributed by atoms with van der Waals surface area (Å²) in [6, 6.07) is 4.18. The van der Waals surface area contributed by atoms with Gasteiger partial charge in [0.15, 0.2) is 5.96 Å². The maximum atomic E-state index is 5.60. The first-order valence-corrected chi connectivity index (χ1v) is 10.4. The Hall–Kier alpha value is -2.61. The zero-order valence-electron chi connectivity index (χ0n) is 17.9. The molecule has 3 rings (SSSR count). The van der Waals surface area contributed by atoms with Crippen molar-refractivity contribution in [1.29, 1.82) is 0 Å². The summed E-state index contributed by atoms with van der Waals surface area (Å²) in [6.07, 6.45) is 3.84. The minimum Gasteiger partial charge on any atom is -0.375 e. The summed E-state index contributed by atoms with van der Waals surface area (Å²) in [4.78, 5) is 11.2. The number of hydrogen-bond acceptors (Lipinski definition) is 6. The third-order valence-corrected chi connectivity index (χ3v) is 5.10. The Kier molecular flexibility index (Phi) is 7.46. The van der Waals surface area contributed by atoms with Crippen LogP contribution >= 0.6 is 0 Å². The fourth-order valence-corrected chi connectivity index (χ4v) is 3.45. The van der Waals surface area contributed by atoms with Crippen molar-refractivity contribution in [2.24, 2.45) is 4.99 Å². The second kappa shape index (κ2) is 10.2. The van der Waals surface area contributed by atoms with Gasteiger partial charge in [0.25, 0.3) is 0 Å². The van der Waals surface area contributed by atoms with E-state index in [1.165, 1.54) is 0 Å². The second-order valence-electron chi connectivity index (χ2n) is 7.17. The first-order valence-electron chi connectivity index (χ1n) is 10.4. The number of pyridine rings is 1. The van der Waals surface area contributed by atoms with Gasteiger partial charge in [0.2, 0.25) is 0 Å². The number of aliphatic imine (C=N–C) groups is 1. The van der Waals surface area contributed by atoms with Gasteiger partial charge in [-0.05, 0) is 25.0 Å². The number of anilines is 1. The average molecular weight is 401 g/mol. The number of guanidine groups is 1. The van der Waals surface area contributed by atoms with Crippen LogP contribution in [0.4, 0.5) is 5.82 Å². The van der Waals surface area contributed by atoms with Crippen LogP contribution in [0.3, 0.4) is 0 Å². The maximum absolute atomic E-state index is 5.60. The third kappa shape index (κ3) is 5.47. The number of morpholine rings is 1. The Morgan fingerprint density at radius 3 is 2.72 bits per heavy atom. The minimum atomic E-state index is 0.244. The normalized spacial score (nSPS) is 17.4. The molecule has 1 aliphatic rings. The van der Waals surface area contributed by atoms with Crippen LogP contribution < -0.4 is 15.5 Å². The topological polar surface area (TPSA) is 87.8 Å². The highest BCUT2D eigenvalue weighted by Crippen LogP contribution is 2.16. The Morgan fingerprint density at radius 1 is 1.24 bits per heavy atom. The smallest absolute Gasteiger partial charge is 0.191 e. The quantitative estimate of drug-likeness (QED) is 0.544. The van der Waals surface area contributed by atoms with Crippen molar-refractivity contribution in [2.45, 2.75) is 52.8 Å². The lowest BCUT2D eigenvalue weighted by molar-refractivity contribution is 0.0529. The molecule has 3 heterocycles. The zero-order valence-corrected chi connectivity index (χ0v) is 17.9. The maximum Gasteiger partial charge on any atom is 0.191 e. The molecule has 2 aromatic rings. The molecule has 2 N–H and O–H groups in total. The van der Waals surface area contributed by atoms with E-state index in [9.17, 15) is 0 Å². The highest BCUT2D eigenvalue weighted by Gasteiger charge is 2.18. The van der Waals surface area contributed by atoms with Gasteiger partial charge in [-0.2, -0.15) is 0 Å². The summed E-state index contributed by atoms with van der Waals surface area (Å²) >= 11 is 0. The van der Waals surface area contributed by atoms with Gasteiger partial charge >= 0.3 is 0 Å². The highest BCUT2D eigenvalue weighted by atomic mass is 16.5. The van der Waals surface area contributed by atoms with Crippen molar-refractivity contribution in [1.82, 2.24) is 20.8 Å². The molecule has 0 saturated carbocycles. The Morgan fingerprint density at radius 2 is 2.07 bits per heavy atom. The molecule has 1 fully saturated rings. The van der Waals surface area contributed by atoms with Crippen LogP contribution in [-0.4, -0.2) is 48.9 Å². The van der Waals surface area contributed by atoms with Gasteiger partial charge in [-0.15, -0.1) is 0 Å². The molecule has 0 aromatic carbocycles. The summed E-state index contributed by atoms with van der Waals surface area (Å²) in [5.41, 5.74) is 3.23. The second-order valence-corrected chi connectivity index (χ2v) is 7.17. The molecule has 1 unspecified atom stereocenters. The highest BCUT2D eigenvalue weighted by molar-refractivity contribution is 5.79. The van der Waals surface area contributed by atoms with Gasteiger partial charge in [-0.1, -0.05) is 25.1 Å². The van der Waals surface area contributed by atoms with Crippen molar-refractivity contribution in [3.05, 3.63) is 40.9 Å². The summed E-state index contributed by atoms with van der Waals surface area (Å²) in [5, 5.41) is 10.9. The van der Waals surface area contributed by atoms with E-state index >= 15 is 0 Å². The van der Waals surface area contributed by atoms with Gasteiger partial charge in [0.05, 0.1) is 18.4 Å². The molecule has 8 heteroatoms. The Labute approximate surface area is 172 Å². The SMILES string of the molecule is CCc1noc(CC)c1CNC(=NC)NCc1ccc(N2CCOC(C)C2)nc1. The van der Waals surface area contributed by atoms with Gasteiger partial charge in [-0.3, -0.25) is 4.99 Å². The van der Waals surface area contributed by atoms with Crippen LogP contribution in [0.15, 0.2) is 27.8 Å². The molecule has 29 heavy (non-hydrogen) atoms. The predicted molar refractivity (Wildman–Crippen MR) is 114 cm³/mol. The predicted octanol–water partition coefficient (Wildman–Crippen LogP) is 2.28. The first kappa shape index (κ1) is 21.1. The Bertz CT molecular complexity index is 781. The van der Waals surface area contributed by atoms with Crippen LogP contribution in [0.25, 0.3) is 0 Å². The minimum absolute atomic E-state index is 0.244. The summed E-state index contributed by atoms with van der Waals surface area (Å²) in [6.45, 7) is 10.1. The number of nitrogens with one attached hydrogen (secondary N) is 2. The lowest BCUT2D eigenvalue weighted by Crippen LogP contribution is -2.41. The fraction of sp³-hybridized carbons (Fsp3) is 0.571. The summed E-state index contributed by atoms with van der Waals surface area (Å²) in [7, 11) is 1.77. The molecule has 0 bridgehead atoms. The summed E-state index contributed by atoms with van der Waals surface area (Å²) in [5.74, 6) is 2.67. The van der Waals surface area contributed by atoms with Gasteiger partial charge in [0, 0.05) is 51.4 Å². The molecule has 0 spiro atoms. The third-order valence-electron chi connectivity index (χ3n) is 5.10. The van der Waals surface area contributed by atoms with Crippen LogP contribution in [0.5, 0.6) is 0 Å². The lowest BCUT2D eigenvalue weighted by Gasteiger charge is -2.32. The van der Waals surface area contributed by atoms with Crippen LogP contribution in [-0.2, 0) is 30.7 Å². The number of aryl methyl sites for hydroxylation is 2. The van der Waals surface area contributed by atoms with E-state index < -0.39 is 0 Å². The van der Waals surface area contributed by atoms with Crippen molar-refractivity contribution in [2.75, 3.05) is 31.6 Å². The number of ether oxygens (including phenoxy) is 1. The molecule has 2 aromatic heterocycles. The van der Waals surface area contributed by atoms with Gasteiger partial charge < -0.3 is 24.8 Å². The summed E-state index contributed by atoms with van der Waals surface area (Å²) < 4.78 is 11.0. The van der Waals surface area contributed by atoms with E-state index in [-0.39, 0.29) is 6.10 Å². The standard InChI is InChI=1S/C21H32N6O2/c1-5-18-17(19(6-2)29-26-18)13-25-21(22-4)24-12-16-7-8-20(23-11-16)27-9-10-28-15(3)14-27/h7-8,11,15H,5-6,9-10,12-14H2,1-4H3,(H2,22,24,25). The number of aromatic nitrogens is 2. The van der Waals surface area contributed by atoms with Gasteiger partial charge in [-0.25, -0.2) is 4.98 Å². The van der Waals surface area contributed by atoms with Crippen molar-refractivity contribution < 1.29 is 9.26 Å². The van der Waals surface area contributed by atoms with Crippen LogP contribution in [0.1, 0.15) is 43.4 Å². The molecule has 0 amide bonds.